The Morgan fingerprint density at radius 2 is 2.31 bits per heavy atom. The monoisotopic (exact) mass is 187 g/mol. The summed E-state index contributed by atoms with van der Waals surface area (Å²) < 4.78 is 9.89. The van der Waals surface area contributed by atoms with Crippen molar-refractivity contribution in [2.24, 2.45) is 11.7 Å². The molecule has 76 valence electrons. The predicted molar refractivity (Wildman–Crippen MR) is 48.2 cm³/mol. The topological polar surface area (TPSA) is 61.5 Å². The fraction of sp³-hybridized carbons (Fsp3) is 0.889. The first-order valence-electron chi connectivity index (χ1n) is 4.66. The zero-order valence-corrected chi connectivity index (χ0v) is 7.99. The summed E-state index contributed by atoms with van der Waals surface area (Å²) >= 11 is 0. The third-order valence-corrected chi connectivity index (χ3v) is 2.54. The van der Waals surface area contributed by atoms with E-state index < -0.39 is 0 Å². The zero-order valence-electron chi connectivity index (χ0n) is 7.99. The van der Waals surface area contributed by atoms with E-state index in [-0.39, 0.29) is 18.7 Å². The summed E-state index contributed by atoms with van der Waals surface area (Å²) in [7, 11) is 1.36. The van der Waals surface area contributed by atoms with E-state index >= 15 is 0 Å². The molecule has 2 N–H and O–H groups in total. The molecule has 0 aliphatic heterocycles. The molecule has 4 nitrogen and oxygen atoms in total. The van der Waals surface area contributed by atoms with Crippen LogP contribution in [-0.2, 0) is 14.3 Å². The van der Waals surface area contributed by atoms with Gasteiger partial charge in [-0.05, 0) is 25.3 Å². The number of rotatable bonds is 4. The number of ether oxygens (including phenoxy) is 2. The molecule has 1 aliphatic rings. The van der Waals surface area contributed by atoms with Crippen LogP contribution in [0.5, 0.6) is 0 Å². The molecule has 4 heteroatoms. The van der Waals surface area contributed by atoms with E-state index in [1.165, 1.54) is 7.11 Å². The Kier molecular flexibility index (Phi) is 4.18. The molecule has 0 aromatic rings. The molecule has 0 radical (unpaired) electrons. The number of carbonyl (C=O) groups excluding carboxylic acids is 1. The smallest absolute Gasteiger partial charge is 0.331 e. The standard InChI is InChI=1S/C9H17NO3/c1-12-9(11)6-13-8-4-2-3-7(8)5-10/h7-8H,2-6,10H2,1H3. The second-order valence-electron chi connectivity index (χ2n) is 3.35. The van der Waals surface area contributed by atoms with Crippen molar-refractivity contribution in [3.63, 3.8) is 0 Å². The van der Waals surface area contributed by atoms with Gasteiger partial charge in [0.25, 0.3) is 0 Å². The van der Waals surface area contributed by atoms with Gasteiger partial charge in [-0.25, -0.2) is 4.79 Å². The SMILES string of the molecule is COC(=O)COC1CCCC1CN. The van der Waals surface area contributed by atoms with Crippen molar-refractivity contribution in [3.8, 4) is 0 Å². The quantitative estimate of drug-likeness (QED) is 0.643. The third-order valence-electron chi connectivity index (χ3n) is 2.54. The first kappa shape index (κ1) is 10.5. The lowest BCUT2D eigenvalue weighted by molar-refractivity contribution is -0.148. The van der Waals surface area contributed by atoms with Gasteiger partial charge in [0.15, 0.2) is 0 Å². The molecule has 0 aromatic heterocycles. The normalized spacial score (nSPS) is 27.5. The molecule has 1 saturated carbocycles. The van der Waals surface area contributed by atoms with Gasteiger partial charge in [0.2, 0.25) is 0 Å². The van der Waals surface area contributed by atoms with Gasteiger partial charge in [0.05, 0.1) is 13.2 Å². The molecule has 0 saturated heterocycles. The Labute approximate surface area is 78.4 Å². The fourth-order valence-electron chi connectivity index (χ4n) is 1.73. The maximum Gasteiger partial charge on any atom is 0.331 e. The molecular formula is C9H17NO3. The van der Waals surface area contributed by atoms with Crippen LogP contribution in [0.2, 0.25) is 0 Å². The van der Waals surface area contributed by atoms with E-state index in [9.17, 15) is 4.79 Å². The van der Waals surface area contributed by atoms with Crippen molar-refractivity contribution in [1.29, 1.82) is 0 Å². The summed E-state index contributed by atoms with van der Waals surface area (Å²) in [6.07, 6.45) is 3.43. The molecule has 2 atom stereocenters. The van der Waals surface area contributed by atoms with E-state index in [2.05, 4.69) is 4.74 Å². The third kappa shape index (κ3) is 2.97. The van der Waals surface area contributed by atoms with Crippen molar-refractivity contribution in [3.05, 3.63) is 0 Å². The summed E-state index contributed by atoms with van der Waals surface area (Å²) in [5.74, 6) is 0.104. The highest BCUT2D eigenvalue weighted by molar-refractivity contribution is 5.70. The van der Waals surface area contributed by atoms with Crippen LogP contribution < -0.4 is 5.73 Å². The van der Waals surface area contributed by atoms with Crippen molar-refractivity contribution < 1.29 is 14.3 Å². The summed E-state index contributed by atoms with van der Waals surface area (Å²) in [5, 5.41) is 0. The Bertz CT molecular complexity index is 172. The molecular weight excluding hydrogens is 170 g/mol. The molecule has 13 heavy (non-hydrogen) atoms. The molecule has 1 aliphatic carbocycles. The summed E-state index contributed by atoms with van der Waals surface area (Å²) in [6, 6.07) is 0. The maximum absolute atomic E-state index is 10.8. The first-order chi connectivity index (χ1) is 6.27. The van der Waals surface area contributed by atoms with Crippen LogP contribution in [0.15, 0.2) is 0 Å². The average Bonchev–Trinajstić information content (AvgIpc) is 2.61. The Balaban J connectivity index is 2.23. The highest BCUT2D eigenvalue weighted by Gasteiger charge is 2.27. The van der Waals surface area contributed by atoms with Crippen molar-refractivity contribution in [2.45, 2.75) is 25.4 Å². The van der Waals surface area contributed by atoms with Crippen molar-refractivity contribution >= 4 is 5.97 Å². The highest BCUT2D eigenvalue weighted by atomic mass is 16.6. The van der Waals surface area contributed by atoms with E-state index in [0.29, 0.717) is 12.5 Å². The minimum Gasteiger partial charge on any atom is -0.467 e. The number of esters is 1. The number of nitrogens with two attached hydrogens (primary N) is 1. The van der Waals surface area contributed by atoms with Crippen LogP contribution in [0.3, 0.4) is 0 Å². The molecule has 2 unspecified atom stereocenters. The number of hydrogen-bond donors (Lipinski definition) is 1. The fourth-order valence-corrected chi connectivity index (χ4v) is 1.73. The largest absolute Gasteiger partial charge is 0.467 e. The molecule has 0 bridgehead atoms. The van der Waals surface area contributed by atoms with Crippen molar-refractivity contribution in [2.75, 3.05) is 20.3 Å². The summed E-state index contributed by atoms with van der Waals surface area (Å²) in [5.41, 5.74) is 5.57. The molecule has 0 aromatic carbocycles. The Morgan fingerprint density at radius 1 is 1.54 bits per heavy atom. The van der Waals surface area contributed by atoms with Crippen molar-refractivity contribution in [1.82, 2.24) is 0 Å². The average molecular weight is 187 g/mol. The van der Waals surface area contributed by atoms with Crippen LogP contribution >= 0.6 is 0 Å². The van der Waals surface area contributed by atoms with Crippen LogP contribution in [0, 0.1) is 5.92 Å². The van der Waals surface area contributed by atoms with Gasteiger partial charge in [0.1, 0.15) is 6.61 Å². The maximum atomic E-state index is 10.8. The minimum absolute atomic E-state index is 0.0532. The van der Waals surface area contributed by atoms with E-state index in [4.69, 9.17) is 10.5 Å². The lowest BCUT2D eigenvalue weighted by Gasteiger charge is -2.17. The van der Waals surface area contributed by atoms with Gasteiger partial charge in [-0.3, -0.25) is 0 Å². The lowest BCUT2D eigenvalue weighted by Crippen LogP contribution is -2.27. The zero-order chi connectivity index (χ0) is 9.68. The number of hydrogen-bond acceptors (Lipinski definition) is 4. The van der Waals surface area contributed by atoms with E-state index in [1.807, 2.05) is 0 Å². The van der Waals surface area contributed by atoms with Crippen LogP contribution in [0.1, 0.15) is 19.3 Å². The van der Waals surface area contributed by atoms with Crippen LogP contribution in [0.25, 0.3) is 0 Å². The van der Waals surface area contributed by atoms with Gasteiger partial charge in [0, 0.05) is 0 Å². The lowest BCUT2D eigenvalue weighted by atomic mass is 10.1. The molecule has 0 spiro atoms. The van der Waals surface area contributed by atoms with Gasteiger partial charge < -0.3 is 15.2 Å². The van der Waals surface area contributed by atoms with E-state index in [1.54, 1.807) is 0 Å². The van der Waals surface area contributed by atoms with Crippen LogP contribution in [0.4, 0.5) is 0 Å². The summed E-state index contributed by atoms with van der Waals surface area (Å²) in [4.78, 5) is 10.8. The molecule has 1 fully saturated rings. The summed E-state index contributed by atoms with van der Waals surface area (Å²) in [6.45, 7) is 0.698. The Morgan fingerprint density at radius 3 is 2.92 bits per heavy atom. The van der Waals surface area contributed by atoms with Gasteiger partial charge >= 0.3 is 5.97 Å². The van der Waals surface area contributed by atoms with Gasteiger partial charge in [-0.2, -0.15) is 0 Å². The molecule has 0 heterocycles. The Hall–Kier alpha value is -0.610. The number of carbonyl (C=O) groups is 1. The second kappa shape index (κ2) is 5.19. The van der Waals surface area contributed by atoms with Gasteiger partial charge in [-0.15, -0.1) is 0 Å². The number of methoxy groups -OCH3 is 1. The molecule has 1 rings (SSSR count). The van der Waals surface area contributed by atoms with E-state index in [0.717, 1.165) is 19.3 Å². The highest BCUT2D eigenvalue weighted by Crippen LogP contribution is 2.27. The minimum atomic E-state index is -0.317. The first-order valence-corrected chi connectivity index (χ1v) is 4.66. The van der Waals surface area contributed by atoms with Crippen LogP contribution in [-0.4, -0.2) is 32.3 Å². The van der Waals surface area contributed by atoms with Gasteiger partial charge in [-0.1, -0.05) is 6.42 Å². The second-order valence-corrected chi connectivity index (χ2v) is 3.35. The molecule has 0 amide bonds. The predicted octanol–water partition coefficient (Wildman–Crippen LogP) is 0.303.